The summed E-state index contributed by atoms with van der Waals surface area (Å²) in [5, 5.41) is 0.601. The van der Waals surface area contributed by atoms with E-state index < -0.39 is 0 Å². The Labute approximate surface area is 113 Å². The third kappa shape index (κ3) is 2.46. The van der Waals surface area contributed by atoms with E-state index in [0.717, 1.165) is 15.5 Å². The molecule has 3 N–H and O–H groups in total. The number of nitrogens with two attached hydrogens (primary N) is 1. The van der Waals surface area contributed by atoms with E-state index in [1.54, 1.807) is 17.8 Å². The van der Waals surface area contributed by atoms with Crippen LogP contribution in [0.15, 0.2) is 63.4 Å². The van der Waals surface area contributed by atoms with Crippen molar-refractivity contribution in [2.75, 3.05) is 5.73 Å². The number of hydrogen-bond donors (Lipinski definition) is 2. The molecule has 3 rings (SSSR count). The normalized spacial score (nSPS) is 10.7. The van der Waals surface area contributed by atoms with Crippen LogP contribution >= 0.6 is 11.8 Å². The zero-order valence-electron chi connectivity index (χ0n) is 9.96. The molecule has 0 spiro atoms. The van der Waals surface area contributed by atoms with Gasteiger partial charge in [0.1, 0.15) is 0 Å². The summed E-state index contributed by atoms with van der Waals surface area (Å²) in [6.45, 7) is 0. The Morgan fingerprint density at radius 3 is 2.58 bits per heavy atom. The average molecular weight is 269 g/mol. The first-order valence-electron chi connectivity index (χ1n) is 5.73. The highest BCUT2D eigenvalue weighted by Crippen LogP contribution is 2.29. The molecule has 0 aliphatic carbocycles. The lowest BCUT2D eigenvalue weighted by Gasteiger charge is -2.03. The van der Waals surface area contributed by atoms with Gasteiger partial charge in [-0.3, -0.25) is 4.79 Å². The highest BCUT2D eigenvalue weighted by Gasteiger charge is 2.02. The molecule has 0 saturated carbocycles. The number of nitrogens with one attached hydrogen (secondary N) is 1. The molecule has 1 heterocycles. The first kappa shape index (κ1) is 11.8. The summed E-state index contributed by atoms with van der Waals surface area (Å²) in [4.78, 5) is 20.4. The SMILES string of the molecule is Nc1ccc(Sc2ccc3c(=O)[nH]cnc3c2)cc1. The Morgan fingerprint density at radius 1 is 1.05 bits per heavy atom. The molecule has 0 saturated heterocycles. The molecule has 5 heteroatoms. The molecule has 19 heavy (non-hydrogen) atoms. The van der Waals surface area contributed by atoms with Gasteiger partial charge in [0, 0.05) is 15.5 Å². The van der Waals surface area contributed by atoms with Crippen LogP contribution in [0, 0.1) is 0 Å². The van der Waals surface area contributed by atoms with E-state index in [9.17, 15) is 4.79 Å². The van der Waals surface area contributed by atoms with Crippen molar-refractivity contribution in [3.05, 3.63) is 59.1 Å². The van der Waals surface area contributed by atoms with Gasteiger partial charge in [-0.2, -0.15) is 0 Å². The van der Waals surface area contributed by atoms with Crippen molar-refractivity contribution in [1.29, 1.82) is 0 Å². The highest BCUT2D eigenvalue weighted by molar-refractivity contribution is 7.99. The summed E-state index contributed by atoms with van der Waals surface area (Å²) in [7, 11) is 0. The fourth-order valence-electron chi connectivity index (χ4n) is 1.78. The Balaban J connectivity index is 1.97. The van der Waals surface area contributed by atoms with Gasteiger partial charge >= 0.3 is 0 Å². The van der Waals surface area contributed by atoms with Crippen LogP contribution in [0.1, 0.15) is 0 Å². The Hall–Kier alpha value is -2.27. The van der Waals surface area contributed by atoms with Crippen LogP contribution in [-0.2, 0) is 0 Å². The minimum atomic E-state index is -0.117. The van der Waals surface area contributed by atoms with Crippen LogP contribution in [0.5, 0.6) is 0 Å². The number of anilines is 1. The largest absolute Gasteiger partial charge is 0.399 e. The zero-order valence-corrected chi connectivity index (χ0v) is 10.8. The van der Waals surface area contributed by atoms with Gasteiger partial charge in [0.15, 0.2) is 0 Å². The summed E-state index contributed by atoms with van der Waals surface area (Å²) in [5.74, 6) is 0. The van der Waals surface area contributed by atoms with Crippen LogP contribution in [0.2, 0.25) is 0 Å². The maximum Gasteiger partial charge on any atom is 0.258 e. The number of H-pyrrole nitrogens is 1. The van der Waals surface area contributed by atoms with Crippen LogP contribution in [0.3, 0.4) is 0 Å². The molecule has 3 aromatic rings. The minimum absolute atomic E-state index is 0.117. The summed E-state index contributed by atoms with van der Waals surface area (Å²) in [6, 6.07) is 13.3. The van der Waals surface area contributed by atoms with Crippen LogP contribution in [-0.4, -0.2) is 9.97 Å². The summed E-state index contributed by atoms with van der Waals surface area (Å²) in [6.07, 6.45) is 1.42. The van der Waals surface area contributed by atoms with E-state index in [0.29, 0.717) is 10.9 Å². The van der Waals surface area contributed by atoms with Crippen LogP contribution < -0.4 is 11.3 Å². The van der Waals surface area contributed by atoms with Gasteiger partial charge < -0.3 is 10.7 Å². The van der Waals surface area contributed by atoms with E-state index >= 15 is 0 Å². The van der Waals surface area contributed by atoms with Gasteiger partial charge in [0.25, 0.3) is 5.56 Å². The second-order valence-corrected chi connectivity index (χ2v) is 5.23. The lowest BCUT2D eigenvalue weighted by atomic mass is 10.2. The molecule has 0 atom stereocenters. The van der Waals surface area contributed by atoms with Crippen molar-refractivity contribution < 1.29 is 0 Å². The maximum absolute atomic E-state index is 11.6. The second kappa shape index (κ2) is 4.78. The zero-order chi connectivity index (χ0) is 13.2. The fourth-order valence-corrected chi connectivity index (χ4v) is 2.63. The van der Waals surface area contributed by atoms with Crippen molar-refractivity contribution in [3.63, 3.8) is 0 Å². The summed E-state index contributed by atoms with van der Waals surface area (Å²) < 4.78 is 0. The van der Waals surface area contributed by atoms with Crippen molar-refractivity contribution in [1.82, 2.24) is 9.97 Å². The van der Waals surface area contributed by atoms with E-state index in [4.69, 9.17) is 5.73 Å². The molecular formula is C14H11N3OS. The van der Waals surface area contributed by atoms with Gasteiger partial charge in [0.2, 0.25) is 0 Å². The third-order valence-electron chi connectivity index (χ3n) is 2.73. The Kier molecular flexibility index (Phi) is 2.97. The van der Waals surface area contributed by atoms with Crippen molar-refractivity contribution in [2.45, 2.75) is 9.79 Å². The van der Waals surface area contributed by atoms with Gasteiger partial charge in [0.05, 0.1) is 17.2 Å². The fraction of sp³-hybridized carbons (Fsp3) is 0. The first-order valence-corrected chi connectivity index (χ1v) is 6.55. The minimum Gasteiger partial charge on any atom is -0.399 e. The summed E-state index contributed by atoms with van der Waals surface area (Å²) in [5.41, 5.74) is 6.98. The topological polar surface area (TPSA) is 71.8 Å². The second-order valence-electron chi connectivity index (χ2n) is 4.08. The quantitative estimate of drug-likeness (QED) is 0.702. The van der Waals surface area contributed by atoms with E-state index in [1.807, 2.05) is 36.4 Å². The number of nitrogens with zero attached hydrogens (tertiary/aromatic N) is 1. The van der Waals surface area contributed by atoms with Gasteiger partial charge in [-0.05, 0) is 42.5 Å². The maximum atomic E-state index is 11.6. The average Bonchev–Trinajstić information content (AvgIpc) is 2.42. The van der Waals surface area contributed by atoms with Gasteiger partial charge in [-0.25, -0.2) is 4.98 Å². The predicted molar refractivity (Wildman–Crippen MR) is 77.3 cm³/mol. The third-order valence-corrected chi connectivity index (χ3v) is 3.73. The lowest BCUT2D eigenvalue weighted by molar-refractivity contribution is 1.17. The number of rotatable bonds is 2. The summed E-state index contributed by atoms with van der Waals surface area (Å²) >= 11 is 1.61. The van der Waals surface area contributed by atoms with E-state index in [-0.39, 0.29) is 5.56 Å². The Morgan fingerprint density at radius 2 is 1.79 bits per heavy atom. The predicted octanol–water partition coefficient (Wildman–Crippen LogP) is 2.66. The first-order chi connectivity index (χ1) is 9.22. The van der Waals surface area contributed by atoms with Crippen LogP contribution in [0.4, 0.5) is 5.69 Å². The monoisotopic (exact) mass is 269 g/mol. The molecule has 0 amide bonds. The van der Waals surface area contributed by atoms with Gasteiger partial charge in [-0.1, -0.05) is 11.8 Å². The van der Waals surface area contributed by atoms with Crippen molar-refractivity contribution in [2.24, 2.45) is 0 Å². The van der Waals surface area contributed by atoms with Crippen LogP contribution in [0.25, 0.3) is 10.9 Å². The van der Waals surface area contributed by atoms with E-state index in [1.165, 1.54) is 6.33 Å². The molecular weight excluding hydrogens is 258 g/mol. The number of benzene rings is 2. The number of hydrogen-bond acceptors (Lipinski definition) is 4. The molecule has 0 unspecified atom stereocenters. The number of fused-ring (bicyclic) bond motifs is 1. The number of nitrogen functional groups attached to an aromatic ring is 1. The number of aromatic amines is 1. The molecule has 0 aliphatic heterocycles. The molecule has 1 aromatic heterocycles. The molecule has 4 nitrogen and oxygen atoms in total. The molecule has 0 radical (unpaired) electrons. The lowest BCUT2D eigenvalue weighted by Crippen LogP contribution is -2.05. The van der Waals surface area contributed by atoms with Crippen molar-refractivity contribution >= 4 is 28.4 Å². The molecule has 0 fully saturated rings. The standard InChI is InChI=1S/C14H11N3OS/c15-9-1-3-10(4-2-9)19-11-5-6-12-13(7-11)16-8-17-14(12)18/h1-8H,15H2,(H,16,17,18). The van der Waals surface area contributed by atoms with Crippen molar-refractivity contribution in [3.8, 4) is 0 Å². The molecule has 94 valence electrons. The van der Waals surface area contributed by atoms with E-state index in [2.05, 4.69) is 9.97 Å². The number of aromatic nitrogens is 2. The molecule has 2 aromatic carbocycles. The molecule has 0 bridgehead atoms. The van der Waals surface area contributed by atoms with Gasteiger partial charge in [-0.15, -0.1) is 0 Å². The highest BCUT2D eigenvalue weighted by atomic mass is 32.2. The smallest absolute Gasteiger partial charge is 0.258 e. The Bertz CT molecular complexity index is 781. The molecule has 0 aliphatic rings.